The van der Waals surface area contributed by atoms with Crippen LogP contribution in [-0.4, -0.2) is 47.7 Å². The van der Waals surface area contributed by atoms with Crippen molar-refractivity contribution in [1.29, 1.82) is 0 Å². The summed E-state index contributed by atoms with van der Waals surface area (Å²) in [7, 11) is 3.35. The van der Waals surface area contributed by atoms with Crippen LogP contribution in [0, 0.1) is 0 Å². The molecule has 0 bridgehead atoms. The number of carboxylic acid groups (broad SMARTS) is 1. The zero-order valence-electron chi connectivity index (χ0n) is 16.1. The minimum Gasteiger partial charge on any atom is -0.506 e. The topological polar surface area (TPSA) is 139 Å². The van der Waals surface area contributed by atoms with Crippen molar-refractivity contribution in [1.82, 2.24) is 24.4 Å². The predicted molar refractivity (Wildman–Crippen MR) is 108 cm³/mol. The molecule has 0 unspecified atom stereocenters. The van der Waals surface area contributed by atoms with E-state index >= 15 is 0 Å². The van der Waals surface area contributed by atoms with Crippen molar-refractivity contribution < 1.29 is 19.8 Å². The van der Waals surface area contributed by atoms with E-state index in [9.17, 15) is 19.5 Å². The number of carbonyl (C=O) groups is 2. The van der Waals surface area contributed by atoms with E-state index in [1.165, 1.54) is 13.2 Å². The molecule has 1 aromatic carbocycles. The zero-order valence-corrected chi connectivity index (χ0v) is 16.1. The standard InChI is InChI=1S/C20H17N5O5/c1-24-6-5-10-7-11(3-4-13(10)24)17-21-8-12-16(28)15(19(29)22-9-14(26)27)20(30)25(2)18(12)23-17/h3-8,28H,9H2,1-2H3,(H,22,29)(H,26,27). The fourth-order valence-electron chi connectivity index (χ4n) is 3.30. The molecule has 0 saturated carbocycles. The summed E-state index contributed by atoms with van der Waals surface area (Å²) in [6.07, 6.45) is 3.27. The first kappa shape index (κ1) is 19.1. The number of benzene rings is 1. The number of nitrogens with one attached hydrogen (secondary N) is 1. The van der Waals surface area contributed by atoms with Gasteiger partial charge in [-0.25, -0.2) is 9.97 Å². The van der Waals surface area contributed by atoms with E-state index in [1.807, 2.05) is 42.1 Å². The lowest BCUT2D eigenvalue weighted by molar-refractivity contribution is -0.135. The lowest BCUT2D eigenvalue weighted by Crippen LogP contribution is -2.35. The van der Waals surface area contributed by atoms with Crippen LogP contribution in [0.3, 0.4) is 0 Å². The normalized spacial score (nSPS) is 11.1. The highest BCUT2D eigenvalue weighted by Gasteiger charge is 2.23. The van der Waals surface area contributed by atoms with E-state index in [0.29, 0.717) is 5.82 Å². The molecule has 0 aliphatic heterocycles. The van der Waals surface area contributed by atoms with Gasteiger partial charge in [-0.1, -0.05) is 0 Å². The molecular weight excluding hydrogens is 390 g/mol. The SMILES string of the molecule is Cn1ccc2cc(-c3ncc4c(O)c(C(=O)NCC(=O)O)c(=O)n(C)c4n3)ccc21. The second-order valence-corrected chi connectivity index (χ2v) is 6.80. The Balaban J connectivity index is 1.84. The van der Waals surface area contributed by atoms with Gasteiger partial charge in [0.1, 0.15) is 23.5 Å². The molecule has 0 atom stereocenters. The molecule has 0 fully saturated rings. The van der Waals surface area contributed by atoms with Gasteiger partial charge in [0.15, 0.2) is 5.82 Å². The number of amides is 1. The highest BCUT2D eigenvalue weighted by molar-refractivity contribution is 6.02. The number of aromatic nitrogens is 4. The largest absolute Gasteiger partial charge is 0.506 e. The summed E-state index contributed by atoms with van der Waals surface area (Å²) in [6.45, 7) is -0.684. The number of hydrogen-bond donors (Lipinski definition) is 3. The monoisotopic (exact) mass is 407 g/mol. The van der Waals surface area contributed by atoms with Gasteiger partial charge in [-0.2, -0.15) is 0 Å². The second kappa shape index (κ2) is 6.99. The van der Waals surface area contributed by atoms with Gasteiger partial charge in [-0.15, -0.1) is 0 Å². The smallest absolute Gasteiger partial charge is 0.322 e. The molecule has 3 N–H and O–H groups in total. The molecule has 10 nitrogen and oxygen atoms in total. The van der Waals surface area contributed by atoms with E-state index in [4.69, 9.17) is 5.11 Å². The third kappa shape index (κ3) is 3.04. The van der Waals surface area contributed by atoms with Crippen LogP contribution >= 0.6 is 0 Å². The van der Waals surface area contributed by atoms with Gasteiger partial charge in [0.05, 0.1) is 5.39 Å². The molecule has 4 aromatic rings. The van der Waals surface area contributed by atoms with Crippen molar-refractivity contribution >= 4 is 33.8 Å². The Morgan fingerprint density at radius 3 is 2.70 bits per heavy atom. The van der Waals surface area contributed by atoms with Crippen molar-refractivity contribution in [2.45, 2.75) is 0 Å². The second-order valence-electron chi connectivity index (χ2n) is 6.80. The van der Waals surface area contributed by atoms with Crippen LogP contribution in [0.2, 0.25) is 0 Å². The Labute approximate surface area is 169 Å². The third-order valence-electron chi connectivity index (χ3n) is 4.87. The molecule has 0 radical (unpaired) electrons. The van der Waals surface area contributed by atoms with Gasteiger partial charge in [0.2, 0.25) is 0 Å². The molecule has 0 aliphatic carbocycles. The maximum atomic E-state index is 12.6. The maximum Gasteiger partial charge on any atom is 0.322 e. The summed E-state index contributed by atoms with van der Waals surface area (Å²) >= 11 is 0. The Hall–Kier alpha value is -4.21. The van der Waals surface area contributed by atoms with E-state index in [0.717, 1.165) is 21.0 Å². The lowest BCUT2D eigenvalue weighted by Gasteiger charge is -2.11. The number of fused-ring (bicyclic) bond motifs is 2. The number of carbonyl (C=O) groups excluding carboxylic acids is 1. The van der Waals surface area contributed by atoms with E-state index in [-0.39, 0.29) is 11.0 Å². The van der Waals surface area contributed by atoms with Crippen LogP contribution in [-0.2, 0) is 18.9 Å². The van der Waals surface area contributed by atoms with E-state index < -0.39 is 35.3 Å². The van der Waals surface area contributed by atoms with Crippen LogP contribution in [0.5, 0.6) is 5.75 Å². The molecule has 0 saturated heterocycles. The highest BCUT2D eigenvalue weighted by atomic mass is 16.4. The summed E-state index contributed by atoms with van der Waals surface area (Å²) in [5, 5.41) is 22.4. The van der Waals surface area contributed by atoms with Crippen molar-refractivity contribution in [3.63, 3.8) is 0 Å². The summed E-state index contributed by atoms with van der Waals surface area (Å²) in [6, 6.07) is 7.67. The molecule has 3 heterocycles. The first-order chi connectivity index (χ1) is 14.3. The number of aliphatic carboxylic acids is 1. The van der Waals surface area contributed by atoms with Gasteiger partial charge >= 0.3 is 5.97 Å². The summed E-state index contributed by atoms with van der Waals surface area (Å²) < 4.78 is 3.11. The van der Waals surface area contributed by atoms with Crippen molar-refractivity contribution in [2.24, 2.45) is 14.1 Å². The fraction of sp³-hybridized carbons (Fsp3) is 0.150. The van der Waals surface area contributed by atoms with E-state index in [1.54, 1.807) is 0 Å². The molecule has 30 heavy (non-hydrogen) atoms. The molecule has 3 aromatic heterocycles. The van der Waals surface area contributed by atoms with Crippen LogP contribution in [0.1, 0.15) is 10.4 Å². The highest BCUT2D eigenvalue weighted by Crippen LogP contribution is 2.27. The number of hydrogen-bond acceptors (Lipinski definition) is 6. The predicted octanol–water partition coefficient (Wildman–Crippen LogP) is 1.01. The molecule has 10 heteroatoms. The number of carboxylic acids is 1. The first-order valence-electron chi connectivity index (χ1n) is 8.92. The van der Waals surface area contributed by atoms with Gasteiger partial charge in [-0.05, 0) is 24.3 Å². The number of pyridine rings is 1. The van der Waals surface area contributed by atoms with Crippen molar-refractivity contribution in [3.8, 4) is 17.1 Å². The third-order valence-corrected chi connectivity index (χ3v) is 4.87. The summed E-state index contributed by atoms with van der Waals surface area (Å²) in [5.41, 5.74) is 0.553. The Bertz CT molecular complexity index is 1400. The molecule has 4 rings (SSSR count). The number of aryl methyl sites for hydroxylation is 2. The minimum absolute atomic E-state index is 0.0992. The molecule has 1 amide bonds. The zero-order chi connectivity index (χ0) is 21.6. The molecule has 0 spiro atoms. The molecular formula is C20H17N5O5. The lowest BCUT2D eigenvalue weighted by atomic mass is 10.1. The number of aromatic hydroxyl groups is 1. The first-order valence-corrected chi connectivity index (χ1v) is 8.92. The maximum absolute atomic E-state index is 12.6. The molecule has 152 valence electrons. The van der Waals surface area contributed by atoms with Gasteiger partial charge in [0, 0.05) is 43.0 Å². The fourth-order valence-corrected chi connectivity index (χ4v) is 3.30. The van der Waals surface area contributed by atoms with Gasteiger partial charge in [0.25, 0.3) is 11.5 Å². The quantitative estimate of drug-likeness (QED) is 0.459. The Kier molecular flexibility index (Phi) is 4.46. The van der Waals surface area contributed by atoms with Crippen LogP contribution in [0.25, 0.3) is 33.3 Å². The van der Waals surface area contributed by atoms with Gasteiger partial charge in [-0.3, -0.25) is 19.0 Å². The number of nitrogens with zero attached hydrogens (tertiary/aromatic N) is 4. The van der Waals surface area contributed by atoms with Crippen LogP contribution in [0.4, 0.5) is 0 Å². The van der Waals surface area contributed by atoms with Crippen molar-refractivity contribution in [2.75, 3.05) is 6.54 Å². The summed E-state index contributed by atoms with van der Waals surface area (Å²) in [4.78, 5) is 44.2. The van der Waals surface area contributed by atoms with Crippen LogP contribution < -0.4 is 10.9 Å². The summed E-state index contributed by atoms with van der Waals surface area (Å²) in [5.74, 6) is -2.51. The van der Waals surface area contributed by atoms with E-state index in [2.05, 4.69) is 15.3 Å². The van der Waals surface area contributed by atoms with Crippen molar-refractivity contribution in [3.05, 3.63) is 52.6 Å². The molecule has 0 aliphatic rings. The average Bonchev–Trinajstić information content (AvgIpc) is 3.10. The average molecular weight is 407 g/mol. The number of rotatable bonds is 4. The Morgan fingerprint density at radius 2 is 1.97 bits per heavy atom. The Morgan fingerprint density at radius 1 is 1.20 bits per heavy atom. The van der Waals surface area contributed by atoms with Gasteiger partial charge < -0.3 is 20.1 Å². The van der Waals surface area contributed by atoms with Crippen LogP contribution in [0.15, 0.2) is 41.5 Å². The minimum atomic E-state index is -1.27.